The van der Waals surface area contributed by atoms with Gasteiger partial charge in [0.1, 0.15) is 5.82 Å². The molecule has 0 fully saturated rings. The van der Waals surface area contributed by atoms with Gasteiger partial charge in [0.25, 0.3) is 5.91 Å². The summed E-state index contributed by atoms with van der Waals surface area (Å²) in [7, 11) is 0. The van der Waals surface area contributed by atoms with Gasteiger partial charge in [0.05, 0.1) is 28.4 Å². The Labute approximate surface area is 169 Å². The Balaban J connectivity index is 1.93. The molecule has 1 aromatic carbocycles. The maximum Gasteiger partial charge on any atom is 0.417 e. The molecule has 0 radical (unpaired) electrons. The number of alkyl halides is 3. The number of aromatic nitrogens is 2. The zero-order valence-corrected chi connectivity index (χ0v) is 16.1. The predicted octanol–water partition coefficient (Wildman–Crippen LogP) is 2.77. The number of carbonyl (C=O) groups excluding carboxylic acids is 1. The molecule has 0 saturated carbocycles. The summed E-state index contributed by atoms with van der Waals surface area (Å²) in [4.78, 5) is 23.0. The lowest BCUT2D eigenvalue weighted by Gasteiger charge is -2.30. The third-order valence-electron chi connectivity index (χ3n) is 4.47. The summed E-state index contributed by atoms with van der Waals surface area (Å²) >= 11 is 5.90. The highest BCUT2D eigenvalue weighted by Gasteiger charge is 2.36. The van der Waals surface area contributed by atoms with Crippen LogP contribution in [-0.2, 0) is 19.1 Å². The number of nitrogens with zero attached hydrogens (tertiary/aromatic N) is 4. The van der Waals surface area contributed by atoms with E-state index < -0.39 is 22.7 Å². The summed E-state index contributed by atoms with van der Waals surface area (Å²) in [5, 5.41) is 0.644. The van der Waals surface area contributed by atoms with Crippen molar-refractivity contribution in [1.29, 1.82) is 0 Å². The van der Waals surface area contributed by atoms with Crippen molar-refractivity contribution in [2.75, 3.05) is 11.6 Å². The first-order chi connectivity index (χ1) is 13.6. The highest BCUT2D eigenvalue weighted by atomic mass is 35.5. The molecular formula is C18H18ClF3N6O. The fourth-order valence-electron chi connectivity index (χ4n) is 3.17. The fraction of sp³-hybridized carbons (Fsp3) is 0.278. The SMILES string of the molecule is Cc1nc2c(c(N(N)/C=C\N)n1)CCN(C(=O)c1cccc(C(F)(F)F)c1Cl)C2. The van der Waals surface area contributed by atoms with E-state index in [1.54, 1.807) is 6.92 Å². The molecule has 1 amide bonds. The molecular weight excluding hydrogens is 409 g/mol. The van der Waals surface area contributed by atoms with Gasteiger partial charge in [0, 0.05) is 24.5 Å². The number of rotatable bonds is 3. The molecule has 0 aliphatic carbocycles. The largest absolute Gasteiger partial charge is 0.417 e. The lowest BCUT2D eigenvalue weighted by atomic mass is 10.0. The summed E-state index contributed by atoms with van der Waals surface area (Å²) in [5.41, 5.74) is 5.43. The van der Waals surface area contributed by atoms with Gasteiger partial charge in [-0.2, -0.15) is 13.2 Å². The normalized spacial score (nSPS) is 14.2. The fourth-order valence-corrected chi connectivity index (χ4v) is 3.48. The second kappa shape index (κ2) is 7.88. The number of aryl methyl sites for hydroxylation is 1. The first-order valence-electron chi connectivity index (χ1n) is 8.57. The van der Waals surface area contributed by atoms with Crippen LogP contribution < -0.4 is 16.6 Å². The smallest absolute Gasteiger partial charge is 0.403 e. The monoisotopic (exact) mass is 426 g/mol. The summed E-state index contributed by atoms with van der Waals surface area (Å²) in [6, 6.07) is 3.28. The van der Waals surface area contributed by atoms with Crippen LogP contribution >= 0.6 is 11.6 Å². The quantitative estimate of drug-likeness (QED) is 0.578. The molecule has 29 heavy (non-hydrogen) atoms. The van der Waals surface area contributed by atoms with Gasteiger partial charge in [-0.05, 0) is 25.5 Å². The summed E-state index contributed by atoms with van der Waals surface area (Å²) < 4.78 is 39.3. The average molecular weight is 427 g/mol. The molecule has 0 spiro atoms. The number of hydrogen-bond acceptors (Lipinski definition) is 6. The van der Waals surface area contributed by atoms with E-state index in [-0.39, 0.29) is 18.7 Å². The molecule has 4 N–H and O–H groups in total. The van der Waals surface area contributed by atoms with Crippen LogP contribution in [0.3, 0.4) is 0 Å². The maximum absolute atomic E-state index is 13.1. The van der Waals surface area contributed by atoms with Crippen molar-refractivity contribution in [2.45, 2.75) is 26.1 Å². The van der Waals surface area contributed by atoms with Gasteiger partial charge in [-0.15, -0.1) is 0 Å². The topological polar surface area (TPSA) is 101 Å². The molecule has 0 saturated heterocycles. The Morgan fingerprint density at radius 1 is 1.34 bits per heavy atom. The van der Waals surface area contributed by atoms with Crippen molar-refractivity contribution in [1.82, 2.24) is 14.9 Å². The first kappa shape index (κ1) is 20.9. The minimum absolute atomic E-state index is 0.0945. The summed E-state index contributed by atoms with van der Waals surface area (Å²) in [5.74, 6) is 6.23. The summed E-state index contributed by atoms with van der Waals surface area (Å²) in [6.45, 7) is 2.02. The molecule has 11 heteroatoms. The zero-order chi connectivity index (χ0) is 21.3. The van der Waals surface area contributed by atoms with E-state index in [1.807, 2.05) is 0 Å². The van der Waals surface area contributed by atoms with Gasteiger partial charge >= 0.3 is 6.18 Å². The zero-order valence-electron chi connectivity index (χ0n) is 15.4. The van der Waals surface area contributed by atoms with Crippen LogP contribution in [-0.4, -0.2) is 27.3 Å². The van der Waals surface area contributed by atoms with E-state index in [2.05, 4.69) is 9.97 Å². The van der Waals surface area contributed by atoms with Crippen molar-refractivity contribution in [3.63, 3.8) is 0 Å². The van der Waals surface area contributed by atoms with Crippen LogP contribution in [0, 0.1) is 6.92 Å². The number of halogens is 4. The van der Waals surface area contributed by atoms with Crippen molar-refractivity contribution in [3.8, 4) is 0 Å². The summed E-state index contributed by atoms with van der Waals surface area (Å²) in [6.07, 6.45) is -1.58. The standard InChI is InChI=1S/C18H18ClF3N6O/c1-10-25-14-9-27(7-5-11(14)16(26-10)28(24)8-6-23)17(29)12-3-2-4-13(15(12)19)18(20,21)22/h2-4,6,8H,5,7,9,23-24H2,1H3/b8-6-. The lowest BCUT2D eigenvalue weighted by Crippen LogP contribution is -2.38. The molecule has 154 valence electrons. The molecule has 0 bridgehead atoms. The molecule has 7 nitrogen and oxygen atoms in total. The van der Waals surface area contributed by atoms with Gasteiger partial charge < -0.3 is 10.6 Å². The molecule has 3 rings (SSSR count). The minimum atomic E-state index is -4.65. The van der Waals surface area contributed by atoms with Gasteiger partial charge in [-0.25, -0.2) is 15.8 Å². The molecule has 0 atom stereocenters. The molecule has 2 heterocycles. The Morgan fingerprint density at radius 2 is 2.07 bits per heavy atom. The van der Waals surface area contributed by atoms with E-state index in [0.717, 1.165) is 17.7 Å². The highest BCUT2D eigenvalue weighted by molar-refractivity contribution is 6.34. The number of anilines is 1. The second-order valence-corrected chi connectivity index (χ2v) is 6.79. The first-order valence-corrected chi connectivity index (χ1v) is 8.95. The van der Waals surface area contributed by atoms with E-state index in [4.69, 9.17) is 23.2 Å². The Bertz CT molecular complexity index is 979. The van der Waals surface area contributed by atoms with Crippen molar-refractivity contribution in [2.24, 2.45) is 11.6 Å². The van der Waals surface area contributed by atoms with Gasteiger partial charge in [-0.3, -0.25) is 9.80 Å². The van der Waals surface area contributed by atoms with Gasteiger partial charge in [0.2, 0.25) is 0 Å². The third kappa shape index (κ3) is 4.13. The lowest BCUT2D eigenvalue weighted by molar-refractivity contribution is -0.137. The van der Waals surface area contributed by atoms with Crippen LogP contribution in [0.1, 0.15) is 33.0 Å². The minimum Gasteiger partial charge on any atom is -0.403 e. The average Bonchev–Trinajstić information content (AvgIpc) is 2.65. The third-order valence-corrected chi connectivity index (χ3v) is 4.88. The highest BCUT2D eigenvalue weighted by Crippen LogP contribution is 2.37. The number of benzene rings is 1. The van der Waals surface area contributed by atoms with Crippen molar-refractivity contribution >= 4 is 23.3 Å². The number of hydrogen-bond donors (Lipinski definition) is 2. The van der Waals surface area contributed by atoms with E-state index in [0.29, 0.717) is 23.8 Å². The van der Waals surface area contributed by atoms with Gasteiger partial charge in [0.15, 0.2) is 5.82 Å². The van der Waals surface area contributed by atoms with Gasteiger partial charge in [-0.1, -0.05) is 17.7 Å². The Hall–Kier alpha value is -2.85. The molecule has 0 unspecified atom stereocenters. The molecule has 2 aromatic rings. The van der Waals surface area contributed by atoms with E-state index >= 15 is 0 Å². The second-order valence-electron chi connectivity index (χ2n) is 6.41. The number of nitrogens with two attached hydrogens (primary N) is 2. The van der Waals surface area contributed by atoms with E-state index in [9.17, 15) is 18.0 Å². The van der Waals surface area contributed by atoms with Crippen LogP contribution in [0.25, 0.3) is 0 Å². The van der Waals surface area contributed by atoms with Crippen LogP contribution in [0.15, 0.2) is 30.6 Å². The van der Waals surface area contributed by atoms with Crippen molar-refractivity contribution < 1.29 is 18.0 Å². The number of amides is 1. The number of fused-ring (bicyclic) bond motifs is 1. The maximum atomic E-state index is 13.1. The molecule has 1 aliphatic heterocycles. The number of hydrazine groups is 1. The van der Waals surface area contributed by atoms with Crippen LogP contribution in [0.4, 0.5) is 19.0 Å². The number of carbonyl (C=O) groups is 1. The predicted molar refractivity (Wildman–Crippen MR) is 102 cm³/mol. The van der Waals surface area contributed by atoms with E-state index in [1.165, 1.54) is 28.4 Å². The van der Waals surface area contributed by atoms with Crippen molar-refractivity contribution in [3.05, 3.63) is 63.8 Å². The molecule has 1 aliphatic rings. The van der Waals surface area contributed by atoms with Crippen LogP contribution in [0.2, 0.25) is 5.02 Å². The Kier molecular flexibility index (Phi) is 5.67. The van der Waals surface area contributed by atoms with Crippen LogP contribution in [0.5, 0.6) is 0 Å². The molecule has 1 aromatic heterocycles. The Morgan fingerprint density at radius 3 is 2.72 bits per heavy atom.